The molecule has 3 aromatic carbocycles. The fraction of sp³-hybridized carbons (Fsp3) is 0.261. The van der Waals surface area contributed by atoms with Crippen LogP contribution in [0, 0.1) is 11.7 Å². The van der Waals surface area contributed by atoms with E-state index < -0.39 is 15.9 Å². The van der Waals surface area contributed by atoms with E-state index in [1.54, 1.807) is 30.3 Å². The number of rotatable bonds is 5. The topological polar surface area (TPSA) is 66.5 Å². The summed E-state index contributed by atoms with van der Waals surface area (Å²) in [5.74, 6) is -0.918. The number of benzene rings is 3. The van der Waals surface area contributed by atoms with Crippen LogP contribution in [-0.4, -0.2) is 31.7 Å². The number of fused-ring (bicyclic) bond motifs is 1. The Morgan fingerprint density at radius 1 is 1.03 bits per heavy atom. The third-order valence-electron chi connectivity index (χ3n) is 5.49. The highest BCUT2D eigenvalue weighted by Gasteiger charge is 2.33. The lowest BCUT2D eigenvalue weighted by molar-refractivity contribution is -0.126. The van der Waals surface area contributed by atoms with Crippen molar-refractivity contribution >= 4 is 26.7 Å². The van der Waals surface area contributed by atoms with E-state index in [1.807, 2.05) is 24.3 Å². The first-order valence-electron chi connectivity index (χ1n) is 9.94. The van der Waals surface area contributed by atoms with Crippen molar-refractivity contribution in [1.82, 2.24) is 9.62 Å². The van der Waals surface area contributed by atoms with Gasteiger partial charge in [-0.1, -0.05) is 42.5 Å². The zero-order valence-corrected chi connectivity index (χ0v) is 17.2. The Labute approximate surface area is 175 Å². The van der Waals surface area contributed by atoms with Crippen molar-refractivity contribution in [3.05, 3.63) is 78.1 Å². The van der Waals surface area contributed by atoms with Gasteiger partial charge in [-0.2, -0.15) is 4.31 Å². The minimum atomic E-state index is -3.68. The number of hydrogen-bond acceptors (Lipinski definition) is 3. The molecule has 1 saturated heterocycles. The second-order valence-corrected chi connectivity index (χ2v) is 9.49. The van der Waals surface area contributed by atoms with Gasteiger partial charge in [-0.3, -0.25) is 4.79 Å². The molecule has 4 rings (SSSR count). The van der Waals surface area contributed by atoms with Gasteiger partial charge in [0.15, 0.2) is 0 Å². The lowest BCUT2D eigenvalue weighted by Crippen LogP contribution is -2.45. The van der Waals surface area contributed by atoms with Crippen molar-refractivity contribution in [2.75, 3.05) is 13.1 Å². The van der Waals surface area contributed by atoms with Crippen LogP contribution in [0.4, 0.5) is 4.39 Å². The Bertz CT molecular complexity index is 1160. The van der Waals surface area contributed by atoms with Gasteiger partial charge in [0, 0.05) is 19.6 Å². The van der Waals surface area contributed by atoms with E-state index in [-0.39, 0.29) is 29.7 Å². The van der Waals surface area contributed by atoms with Gasteiger partial charge in [-0.05, 0) is 53.4 Å². The molecule has 5 nitrogen and oxygen atoms in total. The summed E-state index contributed by atoms with van der Waals surface area (Å²) in [5.41, 5.74) is 0.793. The van der Waals surface area contributed by atoms with E-state index in [2.05, 4.69) is 5.32 Å². The smallest absolute Gasteiger partial charge is 0.243 e. The Morgan fingerprint density at radius 3 is 2.53 bits per heavy atom. The summed E-state index contributed by atoms with van der Waals surface area (Å²) in [4.78, 5) is 12.9. The van der Waals surface area contributed by atoms with Gasteiger partial charge in [0.1, 0.15) is 5.82 Å². The highest BCUT2D eigenvalue weighted by molar-refractivity contribution is 7.89. The minimum Gasteiger partial charge on any atom is -0.352 e. The molecule has 0 spiro atoms. The van der Waals surface area contributed by atoms with E-state index >= 15 is 0 Å². The van der Waals surface area contributed by atoms with Gasteiger partial charge in [0.05, 0.1) is 10.8 Å². The highest BCUT2D eigenvalue weighted by Crippen LogP contribution is 2.26. The van der Waals surface area contributed by atoms with E-state index in [4.69, 9.17) is 0 Å². The van der Waals surface area contributed by atoms with Gasteiger partial charge < -0.3 is 5.32 Å². The maximum Gasteiger partial charge on any atom is 0.243 e. The van der Waals surface area contributed by atoms with Crippen LogP contribution >= 0.6 is 0 Å². The van der Waals surface area contributed by atoms with Crippen LogP contribution < -0.4 is 5.32 Å². The van der Waals surface area contributed by atoms with Gasteiger partial charge in [0.2, 0.25) is 15.9 Å². The minimum absolute atomic E-state index is 0.157. The van der Waals surface area contributed by atoms with Crippen molar-refractivity contribution in [1.29, 1.82) is 0 Å². The first-order chi connectivity index (χ1) is 14.4. The molecule has 0 saturated carbocycles. The lowest BCUT2D eigenvalue weighted by atomic mass is 9.99. The second-order valence-electron chi connectivity index (χ2n) is 7.56. The molecular weight excluding hydrogens is 403 g/mol. The Morgan fingerprint density at radius 2 is 1.77 bits per heavy atom. The van der Waals surface area contributed by atoms with E-state index in [1.165, 1.54) is 16.4 Å². The average Bonchev–Trinajstić information content (AvgIpc) is 2.78. The molecule has 30 heavy (non-hydrogen) atoms. The summed E-state index contributed by atoms with van der Waals surface area (Å²) in [6.07, 6.45) is 1.26. The number of sulfonamides is 1. The quantitative estimate of drug-likeness (QED) is 0.677. The van der Waals surface area contributed by atoms with E-state index in [0.29, 0.717) is 19.4 Å². The lowest BCUT2D eigenvalue weighted by Gasteiger charge is -2.31. The molecule has 0 aliphatic carbocycles. The summed E-state index contributed by atoms with van der Waals surface area (Å²) in [6.45, 7) is 0.842. The SMILES string of the molecule is O=C(NCc1ccc(F)cc1)C1CCCN(S(=O)(=O)c2ccc3ccccc3c2)C1. The Hall–Kier alpha value is -2.77. The standard InChI is InChI=1S/C23H23FN2O3S/c24-21-10-7-17(8-11-21)15-25-23(27)20-6-3-13-26(16-20)30(28,29)22-12-9-18-4-1-2-5-19(18)14-22/h1-2,4-5,7-12,14,20H,3,6,13,15-16H2,(H,25,27). The summed E-state index contributed by atoms with van der Waals surface area (Å²) < 4.78 is 40.8. The number of piperidine rings is 1. The van der Waals surface area contributed by atoms with Crippen molar-refractivity contribution < 1.29 is 17.6 Å². The van der Waals surface area contributed by atoms with E-state index in [0.717, 1.165) is 16.3 Å². The molecule has 7 heteroatoms. The maximum absolute atomic E-state index is 13.2. The molecule has 1 aliphatic heterocycles. The molecule has 1 atom stereocenters. The predicted octanol–water partition coefficient (Wildman–Crippen LogP) is 3.70. The number of carbonyl (C=O) groups excluding carboxylic acids is 1. The number of carbonyl (C=O) groups is 1. The highest BCUT2D eigenvalue weighted by atomic mass is 32.2. The van der Waals surface area contributed by atoms with Crippen LogP contribution in [-0.2, 0) is 21.4 Å². The second kappa shape index (κ2) is 8.53. The number of amides is 1. The molecule has 1 unspecified atom stereocenters. The molecule has 1 amide bonds. The molecule has 0 bridgehead atoms. The monoisotopic (exact) mass is 426 g/mol. The van der Waals surface area contributed by atoms with Crippen molar-refractivity contribution in [2.45, 2.75) is 24.3 Å². The van der Waals surface area contributed by atoms with Crippen LogP contribution in [0.1, 0.15) is 18.4 Å². The maximum atomic E-state index is 13.2. The molecule has 1 fully saturated rings. The molecule has 1 N–H and O–H groups in total. The Kier molecular flexibility index (Phi) is 5.83. The first-order valence-corrected chi connectivity index (χ1v) is 11.4. The summed E-state index contributed by atoms with van der Waals surface area (Å²) in [5, 5.41) is 4.69. The Balaban J connectivity index is 1.45. The average molecular weight is 427 g/mol. The summed E-state index contributed by atoms with van der Waals surface area (Å²) >= 11 is 0. The van der Waals surface area contributed by atoms with Crippen LogP contribution in [0.5, 0.6) is 0 Å². The van der Waals surface area contributed by atoms with Crippen LogP contribution in [0.25, 0.3) is 10.8 Å². The fourth-order valence-electron chi connectivity index (χ4n) is 3.79. The van der Waals surface area contributed by atoms with Crippen LogP contribution in [0.3, 0.4) is 0 Å². The van der Waals surface area contributed by atoms with Gasteiger partial charge in [-0.25, -0.2) is 12.8 Å². The molecule has 156 valence electrons. The third kappa shape index (κ3) is 4.37. The van der Waals surface area contributed by atoms with Crippen molar-refractivity contribution in [3.63, 3.8) is 0 Å². The summed E-state index contributed by atoms with van der Waals surface area (Å²) in [6, 6.07) is 18.7. The first kappa shape index (κ1) is 20.5. The van der Waals surface area contributed by atoms with E-state index in [9.17, 15) is 17.6 Å². The fourth-order valence-corrected chi connectivity index (χ4v) is 5.35. The zero-order chi connectivity index (χ0) is 21.1. The third-order valence-corrected chi connectivity index (χ3v) is 7.35. The molecule has 3 aromatic rings. The largest absolute Gasteiger partial charge is 0.352 e. The number of hydrogen-bond donors (Lipinski definition) is 1. The van der Waals surface area contributed by atoms with Gasteiger partial charge in [-0.15, -0.1) is 0 Å². The molecule has 1 aliphatic rings. The predicted molar refractivity (Wildman–Crippen MR) is 114 cm³/mol. The molecule has 0 aromatic heterocycles. The molecule has 0 radical (unpaired) electrons. The van der Waals surface area contributed by atoms with Gasteiger partial charge in [0.25, 0.3) is 0 Å². The normalized spacial score (nSPS) is 17.7. The van der Waals surface area contributed by atoms with Gasteiger partial charge >= 0.3 is 0 Å². The number of nitrogens with zero attached hydrogens (tertiary/aromatic N) is 1. The molecular formula is C23H23FN2O3S. The zero-order valence-electron chi connectivity index (χ0n) is 16.4. The van der Waals surface area contributed by atoms with Crippen LogP contribution in [0.15, 0.2) is 71.6 Å². The van der Waals surface area contributed by atoms with Crippen molar-refractivity contribution in [3.8, 4) is 0 Å². The number of halogens is 1. The van der Waals surface area contributed by atoms with Crippen molar-refractivity contribution in [2.24, 2.45) is 5.92 Å². The van der Waals surface area contributed by atoms with Crippen LogP contribution in [0.2, 0.25) is 0 Å². The number of nitrogens with one attached hydrogen (secondary N) is 1. The molecule has 1 heterocycles. The summed E-state index contributed by atoms with van der Waals surface area (Å²) in [7, 11) is -3.68.